The van der Waals surface area contributed by atoms with Gasteiger partial charge in [-0.3, -0.25) is 4.79 Å². The summed E-state index contributed by atoms with van der Waals surface area (Å²) in [4.78, 5) is 10.4. The minimum absolute atomic E-state index is 0.0182. The highest BCUT2D eigenvalue weighted by atomic mass is 127. The minimum Gasteiger partial charge on any atom is -0.481 e. The van der Waals surface area contributed by atoms with Crippen LogP contribution in [0.15, 0.2) is 18.2 Å². The average molecular weight is 296 g/mol. The lowest BCUT2D eigenvalue weighted by atomic mass is 10.1. The molecule has 0 bridgehead atoms. The van der Waals surface area contributed by atoms with E-state index in [1.165, 1.54) is 0 Å². The Morgan fingerprint density at radius 3 is 2.83 bits per heavy atom. The standard InChI is InChI=1S/C8H6ClIO2/c9-8-5(4-7(11)12)2-1-3-6(8)10/h1-3H,4H2,(H,11,12). The Bertz CT molecular complexity index is 312. The van der Waals surface area contributed by atoms with Gasteiger partial charge in [-0.05, 0) is 34.2 Å². The summed E-state index contributed by atoms with van der Waals surface area (Å²) in [5, 5.41) is 9.06. The van der Waals surface area contributed by atoms with Crippen molar-refractivity contribution in [2.75, 3.05) is 0 Å². The third kappa shape index (κ3) is 2.35. The number of rotatable bonds is 2. The highest BCUT2D eigenvalue weighted by molar-refractivity contribution is 14.1. The number of aliphatic carboxylic acids is 1. The zero-order chi connectivity index (χ0) is 9.14. The van der Waals surface area contributed by atoms with E-state index in [4.69, 9.17) is 16.7 Å². The van der Waals surface area contributed by atoms with Crippen LogP contribution >= 0.6 is 34.2 Å². The molecular formula is C8H6ClIO2. The molecule has 0 aliphatic heterocycles. The molecule has 0 aliphatic rings. The van der Waals surface area contributed by atoms with Crippen molar-refractivity contribution in [2.24, 2.45) is 0 Å². The molecule has 2 nitrogen and oxygen atoms in total. The molecule has 0 fully saturated rings. The predicted octanol–water partition coefficient (Wildman–Crippen LogP) is 2.57. The van der Waals surface area contributed by atoms with E-state index >= 15 is 0 Å². The summed E-state index contributed by atoms with van der Waals surface area (Å²) in [6.45, 7) is 0. The van der Waals surface area contributed by atoms with Crippen molar-refractivity contribution >= 4 is 40.2 Å². The zero-order valence-corrected chi connectivity index (χ0v) is 8.96. The molecule has 0 saturated carbocycles. The highest BCUT2D eigenvalue weighted by Crippen LogP contribution is 2.22. The Morgan fingerprint density at radius 1 is 1.58 bits per heavy atom. The number of hydrogen-bond donors (Lipinski definition) is 1. The van der Waals surface area contributed by atoms with E-state index < -0.39 is 5.97 Å². The van der Waals surface area contributed by atoms with Crippen LogP contribution in [0.2, 0.25) is 5.02 Å². The maximum Gasteiger partial charge on any atom is 0.307 e. The smallest absolute Gasteiger partial charge is 0.307 e. The number of carboxylic acids is 1. The van der Waals surface area contributed by atoms with Crippen LogP contribution in [0.25, 0.3) is 0 Å². The first kappa shape index (κ1) is 9.80. The van der Waals surface area contributed by atoms with Crippen LogP contribution in [0.1, 0.15) is 5.56 Å². The van der Waals surface area contributed by atoms with Crippen molar-refractivity contribution in [3.05, 3.63) is 32.4 Å². The molecule has 1 aromatic carbocycles. The SMILES string of the molecule is O=C(O)Cc1cccc(I)c1Cl. The van der Waals surface area contributed by atoms with Gasteiger partial charge >= 0.3 is 5.97 Å². The fraction of sp³-hybridized carbons (Fsp3) is 0.125. The van der Waals surface area contributed by atoms with Crippen molar-refractivity contribution in [3.63, 3.8) is 0 Å². The van der Waals surface area contributed by atoms with Crippen molar-refractivity contribution in [3.8, 4) is 0 Å². The second-order valence-corrected chi connectivity index (χ2v) is 3.82. The van der Waals surface area contributed by atoms with Crippen LogP contribution in [0, 0.1) is 3.57 Å². The van der Waals surface area contributed by atoms with Crippen molar-refractivity contribution < 1.29 is 9.90 Å². The van der Waals surface area contributed by atoms with E-state index in [-0.39, 0.29) is 6.42 Å². The first-order valence-electron chi connectivity index (χ1n) is 3.26. The molecule has 0 atom stereocenters. The summed E-state index contributed by atoms with van der Waals surface area (Å²) in [6, 6.07) is 5.36. The van der Waals surface area contributed by atoms with Crippen LogP contribution < -0.4 is 0 Å². The minimum atomic E-state index is -0.862. The summed E-state index contributed by atoms with van der Waals surface area (Å²) in [5.41, 5.74) is 0.663. The van der Waals surface area contributed by atoms with Gasteiger partial charge in [0.15, 0.2) is 0 Å². The molecule has 1 rings (SSSR count). The molecule has 0 aromatic heterocycles. The first-order valence-corrected chi connectivity index (χ1v) is 4.71. The Hall–Kier alpha value is -0.290. The Balaban J connectivity index is 3.00. The largest absolute Gasteiger partial charge is 0.481 e. The predicted molar refractivity (Wildman–Crippen MR) is 55.5 cm³/mol. The van der Waals surface area contributed by atoms with Gasteiger partial charge in [0, 0.05) is 3.57 Å². The van der Waals surface area contributed by atoms with Crippen molar-refractivity contribution in [1.29, 1.82) is 0 Å². The van der Waals surface area contributed by atoms with Gasteiger partial charge in [-0.15, -0.1) is 0 Å². The van der Waals surface area contributed by atoms with E-state index in [2.05, 4.69) is 22.6 Å². The van der Waals surface area contributed by atoms with Crippen LogP contribution in [0.4, 0.5) is 0 Å². The summed E-state index contributed by atoms with van der Waals surface area (Å²) in [5.74, 6) is -0.862. The van der Waals surface area contributed by atoms with Crippen LogP contribution in [-0.2, 0) is 11.2 Å². The maximum atomic E-state index is 10.4. The average Bonchev–Trinajstić information content (AvgIpc) is 1.98. The monoisotopic (exact) mass is 296 g/mol. The Morgan fingerprint density at radius 2 is 2.25 bits per heavy atom. The van der Waals surface area contributed by atoms with E-state index in [0.29, 0.717) is 10.6 Å². The molecule has 1 N–H and O–H groups in total. The molecule has 12 heavy (non-hydrogen) atoms. The lowest BCUT2D eigenvalue weighted by Crippen LogP contribution is -2.00. The Kier molecular flexibility index (Phi) is 3.34. The van der Waals surface area contributed by atoms with Gasteiger partial charge in [0.25, 0.3) is 0 Å². The number of hydrogen-bond acceptors (Lipinski definition) is 1. The van der Waals surface area contributed by atoms with Crippen molar-refractivity contribution in [1.82, 2.24) is 0 Å². The second kappa shape index (κ2) is 4.09. The molecule has 0 saturated heterocycles. The molecule has 1 aromatic rings. The summed E-state index contributed by atoms with van der Waals surface area (Å²) < 4.78 is 0.882. The van der Waals surface area contributed by atoms with Crippen LogP contribution in [-0.4, -0.2) is 11.1 Å². The van der Waals surface area contributed by atoms with Crippen LogP contribution in [0.3, 0.4) is 0 Å². The third-order valence-electron chi connectivity index (χ3n) is 1.37. The quantitative estimate of drug-likeness (QED) is 0.852. The third-order valence-corrected chi connectivity index (χ3v) is 3.04. The highest BCUT2D eigenvalue weighted by Gasteiger charge is 2.06. The maximum absolute atomic E-state index is 10.4. The van der Waals surface area contributed by atoms with Gasteiger partial charge in [0.1, 0.15) is 0 Å². The van der Waals surface area contributed by atoms with Crippen molar-refractivity contribution in [2.45, 2.75) is 6.42 Å². The zero-order valence-electron chi connectivity index (χ0n) is 6.05. The summed E-state index contributed by atoms with van der Waals surface area (Å²) in [6.07, 6.45) is -0.0182. The number of carbonyl (C=O) groups is 1. The molecule has 64 valence electrons. The lowest BCUT2D eigenvalue weighted by Gasteiger charge is -2.01. The Labute approximate surface area is 88.7 Å². The summed E-state index contributed by atoms with van der Waals surface area (Å²) in [7, 11) is 0. The van der Waals surface area contributed by atoms with E-state index in [1.54, 1.807) is 12.1 Å². The van der Waals surface area contributed by atoms with E-state index in [0.717, 1.165) is 3.57 Å². The van der Waals surface area contributed by atoms with Crippen LogP contribution in [0.5, 0.6) is 0 Å². The topological polar surface area (TPSA) is 37.3 Å². The first-order chi connectivity index (χ1) is 5.61. The van der Waals surface area contributed by atoms with Gasteiger partial charge in [-0.2, -0.15) is 0 Å². The van der Waals surface area contributed by atoms with E-state index in [1.807, 2.05) is 6.07 Å². The lowest BCUT2D eigenvalue weighted by molar-refractivity contribution is -0.136. The van der Waals surface area contributed by atoms with Gasteiger partial charge in [0.2, 0.25) is 0 Å². The fourth-order valence-corrected chi connectivity index (χ4v) is 1.59. The van der Waals surface area contributed by atoms with Gasteiger partial charge in [0.05, 0.1) is 11.4 Å². The number of benzene rings is 1. The van der Waals surface area contributed by atoms with E-state index in [9.17, 15) is 4.79 Å². The second-order valence-electron chi connectivity index (χ2n) is 2.28. The fourth-order valence-electron chi connectivity index (χ4n) is 0.848. The molecule has 4 heteroatoms. The number of carboxylic acid groups (broad SMARTS) is 1. The van der Waals surface area contributed by atoms with Gasteiger partial charge in [-0.25, -0.2) is 0 Å². The van der Waals surface area contributed by atoms with Gasteiger partial charge in [-0.1, -0.05) is 23.7 Å². The molecule has 0 heterocycles. The molecular weight excluding hydrogens is 290 g/mol. The molecule has 0 radical (unpaired) electrons. The number of halogens is 2. The summed E-state index contributed by atoms with van der Waals surface area (Å²) >= 11 is 7.94. The molecule has 0 amide bonds. The molecule has 0 aliphatic carbocycles. The normalized spacial score (nSPS) is 9.83. The molecule has 0 spiro atoms. The molecule has 0 unspecified atom stereocenters. The van der Waals surface area contributed by atoms with Gasteiger partial charge < -0.3 is 5.11 Å².